The molecule has 0 fully saturated rings. The van der Waals surface area contributed by atoms with Gasteiger partial charge in [0.2, 0.25) is 0 Å². The Bertz CT molecular complexity index is 581. The number of benzene rings is 1. The molecule has 1 aromatic carbocycles. The van der Waals surface area contributed by atoms with Crippen LogP contribution in [0.1, 0.15) is 19.4 Å². The molecule has 0 bridgehead atoms. The summed E-state index contributed by atoms with van der Waals surface area (Å²) in [7, 11) is 0. The topological polar surface area (TPSA) is 84.6 Å². The summed E-state index contributed by atoms with van der Waals surface area (Å²) >= 11 is 3.22. The Hall–Kier alpha value is -1.76. The number of nitrogens with zero attached hydrogens (tertiary/aromatic N) is 2. The van der Waals surface area contributed by atoms with E-state index >= 15 is 0 Å². The first-order valence-electron chi connectivity index (χ1n) is 5.16. The minimum absolute atomic E-state index is 0.0442. The first-order valence-corrected chi connectivity index (χ1v) is 5.95. The van der Waals surface area contributed by atoms with E-state index in [-0.39, 0.29) is 11.6 Å². The van der Waals surface area contributed by atoms with E-state index in [1.54, 1.807) is 19.9 Å². The zero-order valence-electron chi connectivity index (χ0n) is 9.73. The molecule has 0 spiro atoms. The van der Waals surface area contributed by atoms with Crippen molar-refractivity contribution in [3.05, 3.63) is 38.3 Å². The summed E-state index contributed by atoms with van der Waals surface area (Å²) in [5.41, 5.74) is 2.60. The highest BCUT2D eigenvalue weighted by Crippen LogP contribution is 2.30. The number of rotatable bonds is 2. The van der Waals surface area contributed by atoms with Crippen LogP contribution >= 0.6 is 15.9 Å². The Balaban J connectivity index is 2.53. The number of non-ortho nitro benzene ring substituents is 1. The van der Waals surface area contributed by atoms with Gasteiger partial charge in [0.05, 0.1) is 16.0 Å². The fourth-order valence-corrected chi connectivity index (χ4v) is 2.22. The van der Waals surface area contributed by atoms with Crippen LogP contribution in [0.2, 0.25) is 0 Å². The first-order chi connectivity index (χ1) is 8.32. The van der Waals surface area contributed by atoms with E-state index in [0.29, 0.717) is 15.7 Å². The average molecular weight is 312 g/mol. The van der Waals surface area contributed by atoms with Crippen LogP contribution in [-0.2, 0) is 4.79 Å². The van der Waals surface area contributed by atoms with Gasteiger partial charge in [-0.2, -0.15) is 5.10 Å². The number of nitro groups is 1. The Morgan fingerprint density at radius 2 is 2.06 bits per heavy atom. The molecule has 6 nitrogen and oxygen atoms in total. The second-order valence-electron chi connectivity index (χ2n) is 4.48. The van der Waals surface area contributed by atoms with Crippen LogP contribution in [0.5, 0.6) is 0 Å². The van der Waals surface area contributed by atoms with Crippen LogP contribution in [0, 0.1) is 15.5 Å². The van der Waals surface area contributed by atoms with Crippen molar-refractivity contribution in [2.45, 2.75) is 13.8 Å². The molecule has 0 unspecified atom stereocenters. The summed E-state index contributed by atoms with van der Waals surface area (Å²) in [4.78, 5) is 21.9. The molecule has 1 N–H and O–H groups in total. The van der Waals surface area contributed by atoms with Gasteiger partial charge in [0.1, 0.15) is 0 Å². The molecular formula is C11H10BrN3O3. The van der Waals surface area contributed by atoms with Crippen LogP contribution in [0.25, 0.3) is 0 Å². The molecule has 1 aliphatic heterocycles. The molecular weight excluding hydrogens is 302 g/mol. The van der Waals surface area contributed by atoms with Gasteiger partial charge in [-0.05, 0) is 19.9 Å². The number of hydrogen-bond donors (Lipinski definition) is 1. The Kier molecular flexibility index (Phi) is 2.94. The lowest BCUT2D eigenvalue weighted by Gasteiger charge is -2.16. The number of hydrogen-bond acceptors (Lipinski definition) is 4. The molecule has 7 heteroatoms. The summed E-state index contributed by atoms with van der Waals surface area (Å²) in [6.45, 7) is 3.45. The highest BCUT2D eigenvalue weighted by atomic mass is 79.9. The van der Waals surface area contributed by atoms with Crippen molar-refractivity contribution in [1.29, 1.82) is 0 Å². The normalized spacial score (nSPS) is 17.3. The van der Waals surface area contributed by atoms with Gasteiger partial charge in [-0.3, -0.25) is 14.9 Å². The van der Waals surface area contributed by atoms with Gasteiger partial charge in [-0.25, -0.2) is 5.43 Å². The number of carbonyl (C=O) groups is 1. The van der Waals surface area contributed by atoms with Crippen molar-refractivity contribution >= 4 is 33.2 Å². The highest BCUT2D eigenvalue weighted by Gasteiger charge is 2.39. The molecule has 0 saturated carbocycles. The van der Waals surface area contributed by atoms with Gasteiger partial charge < -0.3 is 0 Å². The molecule has 1 amide bonds. The molecule has 94 valence electrons. The van der Waals surface area contributed by atoms with Crippen LogP contribution in [0.4, 0.5) is 5.69 Å². The lowest BCUT2D eigenvalue weighted by atomic mass is 9.84. The lowest BCUT2D eigenvalue weighted by Crippen LogP contribution is -2.32. The highest BCUT2D eigenvalue weighted by molar-refractivity contribution is 9.10. The fraction of sp³-hybridized carbons (Fsp3) is 0.273. The third-order valence-electron chi connectivity index (χ3n) is 2.80. The lowest BCUT2D eigenvalue weighted by molar-refractivity contribution is -0.384. The standard InChI is InChI=1S/C11H10BrN3O3/c1-11(2)9(13-14-10(11)16)6-3-7(12)5-8(4-6)15(17)18/h3-5H,1-2H3,(H,14,16). The van der Waals surface area contributed by atoms with Gasteiger partial charge in [-0.15, -0.1) is 0 Å². The van der Waals surface area contributed by atoms with Crippen LogP contribution < -0.4 is 5.43 Å². The van der Waals surface area contributed by atoms with Crippen molar-refractivity contribution in [3.63, 3.8) is 0 Å². The van der Waals surface area contributed by atoms with Gasteiger partial charge in [0.15, 0.2) is 0 Å². The molecule has 0 radical (unpaired) electrons. The Morgan fingerprint density at radius 3 is 2.56 bits per heavy atom. The van der Waals surface area contributed by atoms with Crippen LogP contribution in [0.3, 0.4) is 0 Å². The molecule has 0 aromatic heterocycles. The summed E-state index contributed by atoms with van der Waals surface area (Å²) in [5, 5.41) is 14.8. The van der Waals surface area contributed by atoms with Crippen molar-refractivity contribution in [2.24, 2.45) is 10.5 Å². The van der Waals surface area contributed by atoms with Crippen LogP contribution in [0.15, 0.2) is 27.8 Å². The average Bonchev–Trinajstić information content (AvgIpc) is 2.53. The molecule has 2 rings (SSSR count). The Morgan fingerprint density at radius 1 is 1.39 bits per heavy atom. The van der Waals surface area contributed by atoms with E-state index in [0.717, 1.165) is 0 Å². The quantitative estimate of drug-likeness (QED) is 0.671. The number of nitrogens with one attached hydrogen (secondary N) is 1. The summed E-state index contributed by atoms with van der Waals surface area (Å²) in [5.74, 6) is -0.222. The zero-order chi connectivity index (χ0) is 13.5. The number of amides is 1. The smallest absolute Gasteiger partial charge is 0.271 e. The minimum Gasteiger partial charge on any atom is -0.272 e. The molecule has 1 aromatic rings. The SMILES string of the molecule is CC1(C)C(=O)NN=C1c1cc(Br)cc([N+](=O)[O-])c1. The predicted octanol–water partition coefficient (Wildman–Crippen LogP) is 2.22. The van der Waals surface area contributed by atoms with Crippen molar-refractivity contribution in [1.82, 2.24) is 5.43 Å². The molecule has 0 saturated heterocycles. The third-order valence-corrected chi connectivity index (χ3v) is 3.25. The van der Waals surface area contributed by atoms with Crippen molar-refractivity contribution < 1.29 is 9.72 Å². The van der Waals surface area contributed by atoms with Gasteiger partial charge >= 0.3 is 0 Å². The fourth-order valence-electron chi connectivity index (χ4n) is 1.74. The van der Waals surface area contributed by atoms with E-state index < -0.39 is 10.3 Å². The Labute approximate surface area is 111 Å². The molecule has 18 heavy (non-hydrogen) atoms. The second-order valence-corrected chi connectivity index (χ2v) is 5.40. The number of carbonyl (C=O) groups excluding carboxylic acids is 1. The third kappa shape index (κ3) is 2.01. The van der Waals surface area contributed by atoms with E-state index in [4.69, 9.17) is 0 Å². The van der Waals surface area contributed by atoms with Gasteiger partial charge in [0, 0.05) is 22.2 Å². The maximum atomic E-state index is 11.6. The zero-order valence-corrected chi connectivity index (χ0v) is 11.3. The molecule has 1 aliphatic rings. The number of nitro benzene ring substituents is 1. The summed E-state index contributed by atoms with van der Waals surface area (Å²) in [6.07, 6.45) is 0. The van der Waals surface area contributed by atoms with E-state index in [2.05, 4.69) is 26.5 Å². The van der Waals surface area contributed by atoms with Crippen molar-refractivity contribution in [3.8, 4) is 0 Å². The molecule has 0 atom stereocenters. The van der Waals surface area contributed by atoms with E-state index in [1.165, 1.54) is 12.1 Å². The van der Waals surface area contributed by atoms with E-state index in [9.17, 15) is 14.9 Å². The molecule has 1 heterocycles. The van der Waals surface area contributed by atoms with E-state index in [1.807, 2.05) is 0 Å². The first kappa shape index (κ1) is 12.7. The number of hydrazone groups is 1. The second kappa shape index (κ2) is 4.16. The molecule has 0 aliphatic carbocycles. The maximum absolute atomic E-state index is 11.6. The van der Waals surface area contributed by atoms with Gasteiger partial charge in [-0.1, -0.05) is 15.9 Å². The van der Waals surface area contributed by atoms with Crippen molar-refractivity contribution in [2.75, 3.05) is 0 Å². The summed E-state index contributed by atoms with van der Waals surface area (Å²) < 4.78 is 0.574. The monoisotopic (exact) mass is 311 g/mol. The minimum atomic E-state index is -0.797. The largest absolute Gasteiger partial charge is 0.272 e. The summed E-state index contributed by atoms with van der Waals surface area (Å²) in [6, 6.07) is 4.51. The van der Waals surface area contributed by atoms with Gasteiger partial charge in [0.25, 0.3) is 11.6 Å². The number of halogens is 1. The maximum Gasteiger partial charge on any atom is 0.271 e. The predicted molar refractivity (Wildman–Crippen MR) is 69.3 cm³/mol. The van der Waals surface area contributed by atoms with Crippen LogP contribution in [-0.4, -0.2) is 16.5 Å².